The first-order valence-corrected chi connectivity index (χ1v) is 6.27. The molecule has 2 unspecified atom stereocenters. The van der Waals surface area contributed by atoms with Crippen molar-refractivity contribution < 1.29 is 19.4 Å². The van der Waals surface area contributed by atoms with Crippen molar-refractivity contribution >= 4 is 37.2 Å². The summed E-state index contributed by atoms with van der Waals surface area (Å²) < 4.78 is 4.87. The number of hydrogen-bond acceptors (Lipinski definition) is 6. The number of hydrogen-bond donors (Lipinski definition) is 2. The summed E-state index contributed by atoms with van der Waals surface area (Å²) in [6, 6.07) is 0. The van der Waals surface area contributed by atoms with Crippen molar-refractivity contribution in [3.63, 3.8) is 0 Å². The van der Waals surface area contributed by atoms with E-state index in [1.54, 1.807) is 0 Å². The van der Waals surface area contributed by atoms with E-state index in [1.807, 2.05) is 0 Å². The van der Waals surface area contributed by atoms with Gasteiger partial charge in [0.15, 0.2) is 0 Å². The molecule has 0 saturated carbocycles. The first kappa shape index (κ1) is 15.6. The molecule has 0 rings (SSSR count). The molecule has 0 fully saturated rings. The fraction of sp³-hybridized carbons (Fsp3) is 0.800. The van der Waals surface area contributed by atoms with Crippen LogP contribution in [0.2, 0.25) is 0 Å². The minimum Gasteiger partial charge on any atom is -0.549 e. The number of unbranched alkanes of at least 4 members (excludes halogenated alkanes) is 3. The highest BCUT2D eigenvalue weighted by molar-refractivity contribution is 7.86. The minimum absolute atomic E-state index is 0.295. The maximum absolute atomic E-state index is 11.3. The molecule has 6 heteroatoms. The highest BCUT2D eigenvalue weighted by atomic mass is 32.1. The average molecular weight is 265 g/mol. The third-order valence-corrected chi connectivity index (χ3v) is 3.28. The number of carbonyl (C=O) groups is 2. The molecule has 0 aliphatic heterocycles. The summed E-state index contributed by atoms with van der Waals surface area (Å²) >= 11 is 7.53. The molecule has 0 bridgehead atoms. The summed E-state index contributed by atoms with van der Waals surface area (Å²) in [4.78, 5) is 21.7. The lowest BCUT2D eigenvalue weighted by Gasteiger charge is -2.17. The largest absolute Gasteiger partial charge is 0.549 e. The molecule has 0 N–H and O–H groups in total. The van der Waals surface area contributed by atoms with Crippen molar-refractivity contribution in [2.24, 2.45) is 0 Å². The topological polar surface area (TPSA) is 66.4 Å². The first-order valence-electron chi connectivity index (χ1n) is 5.24. The first-order chi connectivity index (χ1) is 7.50. The van der Waals surface area contributed by atoms with E-state index in [0.29, 0.717) is 6.61 Å². The fourth-order valence-electron chi connectivity index (χ4n) is 1.04. The molecule has 0 radical (unpaired) electrons. The van der Waals surface area contributed by atoms with Crippen LogP contribution in [0.4, 0.5) is 0 Å². The van der Waals surface area contributed by atoms with Gasteiger partial charge < -0.3 is 14.6 Å². The standard InChI is InChI=1S/C10H18O4S2/c1-2-3-4-5-6-14-10(13)8(16)7(15)9(11)12/h7-8,15-16H,2-6H2,1H3,(H,11,12)/p-1. The Kier molecular flexibility index (Phi) is 8.56. The van der Waals surface area contributed by atoms with Crippen LogP contribution in [0.5, 0.6) is 0 Å². The monoisotopic (exact) mass is 265 g/mol. The molecule has 16 heavy (non-hydrogen) atoms. The molecule has 0 aliphatic carbocycles. The zero-order chi connectivity index (χ0) is 12.6. The van der Waals surface area contributed by atoms with Gasteiger partial charge >= 0.3 is 5.97 Å². The Bertz CT molecular complexity index is 233. The van der Waals surface area contributed by atoms with Gasteiger partial charge in [-0.1, -0.05) is 26.2 Å². The number of carboxylic acid groups (broad SMARTS) is 1. The quantitative estimate of drug-likeness (QED) is 0.380. The lowest BCUT2D eigenvalue weighted by molar-refractivity contribution is -0.304. The van der Waals surface area contributed by atoms with E-state index < -0.39 is 22.4 Å². The van der Waals surface area contributed by atoms with Crippen LogP contribution in [0.25, 0.3) is 0 Å². The summed E-state index contributed by atoms with van der Waals surface area (Å²) in [5.74, 6) is -2.09. The normalized spacial score (nSPS) is 14.2. The van der Waals surface area contributed by atoms with Crippen molar-refractivity contribution in [3.8, 4) is 0 Å². The van der Waals surface area contributed by atoms with Gasteiger partial charge in [0.05, 0.1) is 17.8 Å². The maximum Gasteiger partial charge on any atom is 0.320 e. The SMILES string of the molecule is CCCCCCOC(=O)C(S)C(S)C(=O)[O-]. The van der Waals surface area contributed by atoms with Gasteiger partial charge in [0.1, 0.15) is 5.25 Å². The van der Waals surface area contributed by atoms with Gasteiger partial charge in [0.2, 0.25) is 0 Å². The molecule has 0 aliphatic rings. The number of thiol groups is 2. The van der Waals surface area contributed by atoms with Crippen LogP contribution in [0.3, 0.4) is 0 Å². The molecule has 0 heterocycles. The summed E-state index contributed by atoms with van der Waals surface area (Å²) in [6.45, 7) is 2.38. The fourth-order valence-corrected chi connectivity index (χ4v) is 1.36. The molecule has 0 saturated heterocycles. The van der Waals surface area contributed by atoms with E-state index >= 15 is 0 Å². The number of esters is 1. The van der Waals surface area contributed by atoms with Gasteiger partial charge in [-0.25, -0.2) is 0 Å². The Balaban J connectivity index is 3.75. The zero-order valence-electron chi connectivity index (χ0n) is 9.22. The van der Waals surface area contributed by atoms with Crippen LogP contribution >= 0.6 is 25.3 Å². The third-order valence-electron chi connectivity index (χ3n) is 2.02. The van der Waals surface area contributed by atoms with Crippen LogP contribution in [0, 0.1) is 0 Å². The lowest BCUT2D eigenvalue weighted by Crippen LogP contribution is -2.41. The Morgan fingerprint density at radius 1 is 1.19 bits per heavy atom. The smallest absolute Gasteiger partial charge is 0.320 e. The van der Waals surface area contributed by atoms with E-state index in [-0.39, 0.29) is 0 Å². The second-order valence-electron chi connectivity index (χ2n) is 3.44. The Hall–Kier alpha value is -0.360. The number of ether oxygens (including phenoxy) is 1. The van der Waals surface area contributed by atoms with Crippen molar-refractivity contribution in [1.82, 2.24) is 0 Å². The summed E-state index contributed by atoms with van der Waals surface area (Å²) in [5.41, 5.74) is 0. The van der Waals surface area contributed by atoms with E-state index in [0.717, 1.165) is 25.7 Å². The van der Waals surface area contributed by atoms with E-state index in [2.05, 4.69) is 32.2 Å². The van der Waals surface area contributed by atoms with Crippen molar-refractivity contribution in [1.29, 1.82) is 0 Å². The second kappa shape index (κ2) is 8.75. The zero-order valence-corrected chi connectivity index (χ0v) is 11.0. The Labute approximate surface area is 107 Å². The number of carbonyl (C=O) groups excluding carboxylic acids is 2. The summed E-state index contributed by atoms with van der Waals surface area (Å²) in [5, 5.41) is 8.09. The molecule has 2 atom stereocenters. The maximum atomic E-state index is 11.3. The Morgan fingerprint density at radius 2 is 1.81 bits per heavy atom. The summed E-state index contributed by atoms with van der Waals surface area (Å²) in [7, 11) is 0. The molecular formula is C10H17O4S2-. The van der Waals surface area contributed by atoms with Crippen LogP contribution in [-0.4, -0.2) is 29.0 Å². The summed E-state index contributed by atoms with van der Waals surface area (Å²) in [6.07, 6.45) is 3.97. The van der Waals surface area contributed by atoms with Gasteiger partial charge in [-0.2, -0.15) is 25.3 Å². The molecule has 0 aromatic rings. The highest BCUT2D eigenvalue weighted by Crippen LogP contribution is 2.11. The van der Waals surface area contributed by atoms with E-state index in [1.165, 1.54) is 0 Å². The number of carboxylic acids is 1. The van der Waals surface area contributed by atoms with E-state index in [9.17, 15) is 14.7 Å². The predicted octanol–water partition coefficient (Wildman–Crippen LogP) is 0.457. The van der Waals surface area contributed by atoms with Crippen LogP contribution in [0.15, 0.2) is 0 Å². The molecule has 0 amide bonds. The molecule has 0 spiro atoms. The van der Waals surface area contributed by atoms with E-state index in [4.69, 9.17) is 4.74 Å². The van der Waals surface area contributed by atoms with Crippen molar-refractivity contribution in [3.05, 3.63) is 0 Å². The molecule has 94 valence electrons. The number of aliphatic carboxylic acids is 1. The van der Waals surface area contributed by atoms with Gasteiger partial charge in [-0.3, -0.25) is 4.79 Å². The molecule has 0 aromatic carbocycles. The molecular weight excluding hydrogens is 248 g/mol. The van der Waals surface area contributed by atoms with Crippen molar-refractivity contribution in [2.75, 3.05) is 6.61 Å². The second-order valence-corrected chi connectivity index (χ2v) is 4.55. The third kappa shape index (κ3) is 6.27. The Morgan fingerprint density at radius 3 is 2.31 bits per heavy atom. The lowest BCUT2D eigenvalue weighted by atomic mass is 10.2. The van der Waals surface area contributed by atoms with Crippen LogP contribution in [-0.2, 0) is 14.3 Å². The highest BCUT2D eigenvalue weighted by Gasteiger charge is 2.24. The van der Waals surface area contributed by atoms with Gasteiger partial charge in [-0.15, -0.1) is 0 Å². The predicted molar refractivity (Wildman–Crippen MR) is 65.7 cm³/mol. The van der Waals surface area contributed by atoms with Crippen LogP contribution < -0.4 is 5.11 Å². The van der Waals surface area contributed by atoms with Gasteiger partial charge in [0.25, 0.3) is 0 Å². The van der Waals surface area contributed by atoms with Gasteiger partial charge in [0, 0.05) is 0 Å². The van der Waals surface area contributed by atoms with Crippen molar-refractivity contribution in [2.45, 2.75) is 43.1 Å². The number of rotatable bonds is 8. The average Bonchev–Trinajstić information content (AvgIpc) is 2.26. The van der Waals surface area contributed by atoms with Crippen LogP contribution in [0.1, 0.15) is 32.6 Å². The van der Waals surface area contributed by atoms with Gasteiger partial charge in [-0.05, 0) is 6.42 Å². The molecule has 0 aromatic heterocycles. The minimum atomic E-state index is -1.42. The molecule has 4 nitrogen and oxygen atoms in total.